The fraction of sp³-hybridized carbons (Fsp3) is 0.138. The van der Waals surface area contributed by atoms with E-state index in [4.69, 9.17) is 9.40 Å². The molecule has 0 saturated heterocycles. The summed E-state index contributed by atoms with van der Waals surface area (Å²) < 4.78 is 8.01. The van der Waals surface area contributed by atoms with Crippen molar-refractivity contribution in [3.8, 4) is 22.6 Å². The first-order chi connectivity index (χ1) is 17.2. The van der Waals surface area contributed by atoms with Crippen molar-refractivity contribution in [2.75, 3.05) is 0 Å². The van der Waals surface area contributed by atoms with Crippen molar-refractivity contribution in [2.24, 2.45) is 0 Å². The van der Waals surface area contributed by atoms with Crippen molar-refractivity contribution >= 4 is 5.91 Å². The molecule has 0 atom stereocenters. The summed E-state index contributed by atoms with van der Waals surface area (Å²) in [4.78, 5) is 17.2. The van der Waals surface area contributed by atoms with Gasteiger partial charge in [-0.05, 0) is 17.2 Å². The third kappa shape index (κ3) is 5.73. The minimum absolute atomic E-state index is 0.0358. The molecule has 5 rings (SSSR count). The van der Waals surface area contributed by atoms with Gasteiger partial charge >= 0.3 is 0 Å². The van der Waals surface area contributed by atoms with E-state index in [1.807, 2.05) is 89.7 Å². The van der Waals surface area contributed by atoms with Gasteiger partial charge in [-0.1, -0.05) is 84.9 Å². The monoisotopic (exact) mass is 462 g/mol. The molecule has 0 saturated carbocycles. The lowest BCUT2D eigenvalue weighted by Gasteiger charge is -2.06. The molecule has 0 aliphatic heterocycles. The predicted octanol–water partition coefficient (Wildman–Crippen LogP) is 5.50. The van der Waals surface area contributed by atoms with Crippen LogP contribution in [0.5, 0.6) is 0 Å². The zero-order chi connectivity index (χ0) is 23.9. The van der Waals surface area contributed by atoms with E-state index in [2.05, 4.69) is 22.5 Å². The summed E-state index contributed by atoms with van der Waals surface area (Å²) in [5.41, 5.74) is 4.96. The van der Waals surface area contributed by atoms with E-state index < -0.39 is 0 Å². The number of nitrogens with zero attached hydrogens (tertiary/aromatic N) is 3. The Morgan fingerprint density at radius 2 is 1.51 bits per heavy atom. The van der Waals surface area contributed by atoms with Crippen molar-refractivity contribution < 1.29 is 9.21 Å². The number of oxazole rings is 1. The normalized spacial score (nSPS) is 10.9. The first-order valence-electron chi connectivity index (χ1n) is 11.7. The topological polar surface area (TPSA) is 73.0 Å². The molecule has 174 valence electrons. The van der Waals surface area contributed by atoms with Gasteiger partial charge in [0.25, 0.3) is 0 Å². The fourth-order valence-corrected chi connectivity index (χ4v) is 3.90. The van der Waals surface area contributed by atoms with Crippen LogP contribution >= 0.6 is 0 Å². The SMILES string of the molecule is O=C(CCc1nc(-c2ccccc2)c(-c2ccccc2)o1)NCc1ccc(Cn2cccn2)cc1. The lowest BCUT2D eigenvalue weighted by atomic mass is 10.1. The molecule has 0 unspecified atom stereocenters. The zero-order valence-electron chi connectivity index (χ0n) is 19.3. The Morgan fingerprint density at radius 3 is 2.20 bits per heavy atom. The van der Waals surface area contributed by atoms with Crippen LogP contribution < -0.4 is 5.32 Å². The van der Waals surface area contributed by atoms with Gasteiger partial charge in [-0.2, -0.15) is 5.10 Å². The van der Waals surface area contributed by atoms with Crippen molar-refractivity contribution in [2.45, 2.75) is 25.9 Å². The minimum Gasteiger partial charge on any atom is -0.440 e. The molecule has 6 heteroatoms. The van der Waals surface area contributed by atoms with Crippen molar-refractivity contribution in [1.82, 2.24) is 20.1 Å². The average Bonchev–Trinajstić information content (AvgIpc) is 3.58. The van der Waals surface area contributed by atoms with Gasteiger partial charge in [-0.3, -0.25) is 9.48 Å². The Balaban J connectivity index is 1.19. The molecule has 3 aromatic carbocycles. The molecule has 0 radical (unpaired) electrons. The first kappa shape index (κ1) is 22.3. The summed E-state index contributed by atoms with van der Waals surface area (Å²) in [5.74, 6) is 1.24. The minimum atomic E-state index is -0.0358. The Labute approximate surface area is 204 Å². The lowest BCUT2D eigenvalue weighted by Crippen LogP contribution is -2.23. The van der Waals surface area contributed by atoms with Crippen LogP contribution in [-0.2, 0) is 24.3 Å². The van der Waals surface area contributed by atoms with Crippen molar-refractivity contribution in [3.63, 3.8) is 0 Å². The van der Waals surface area contributed by atoms with Crippen LogP contribution in [0.4, 0.5) is 0 Å². The molecule has 1 N–H and O–H groups in total. The van der Waals surface area contributed by atoms with Crippen molar-refractivity contribution in [1.29, 1.82) is 0 Å². The number of benzene rings is 3. The smallest absolute Gasteiger partial charge is 0.220 e. The highest BCUT2D eigenvalue weighted by molar-refractivity contribution is 5.77. The van der Waals surface area contributed by atoms with E-state index >= 15 is 0 Å². The molecule has 2 aromatic heterocycles. The molecule has 1 amide bonds. The van der Waals surface area contributed by atoms with Gasteiger partial charge in [0.1, 0.15) is 5.69 Å². The molecule has 0 aliphatic carbocycles. The Bertz CT molecular complexity index is 1300. The van der Waals surface area contributed by atoms with Crippen LogP contribution in [0.2, 0.25) is 0 Å². The van der Waals surface area contributed by atoms with E-state index in [-0.39, 0.29) is 5.91 Å². The molecule has 5 aromatic rings. The summed E-state index contributed by atoms with van der Waals surface area (Å²) in [5, 5.41) is 7.22. The van der Waals surface area contributed by atoms with E-state index in [1.54, 1.807) is 6.20 Å². The molecule has 0 aliphatic rings. The highest BCUT2D eigenvalue weighted by Crippen LogP contribution is 2.32. The number of aryl methyl sites for hydroxylation is 1. The molecule has 0 spiro atoms. The van der Waals surface area contributed by atoms with Crippen LogP contribution in [-0.4, -0.2) is 20.7 Å². The maximum atomic E-state index is 12.5. The number of rotatable bonds is 9. The highest BCUT2D eigenvalue weighted by Gasteiger charge is 2.17. The van der Waals surface area contributed by atoms with Gasteiger partial charge < -0.3 is 9.73 Å². The maximum Gasteiger partial charge on any atom is 0.220 e. The van der Waals surface area contributed by atoms with Gasteiger partial charge in [0, 0.05) is 42.9 Å². The number of nitrogens with one attached hydrogen (secondary N) is 1. The fourth-order valence-electron chi connectivity index (χ4n) is 3.90. The Morgan fingerprint density at radius 1 is 0.829 bits per heavy atom. The van der Waals surface area contributed by atoms with E-state index in [1.165, 1.54) is 0 Å². The van der Waals surface area contributed by atoms with Gasteiger partial charge in [-0.15, -0.1) is 0 Å². The standard InChI is InChI=1S/C29H26N4O2/c34-26(30-20-22-12-14-23(15-13-22)21-33-19-7-18-31-33)16-17-27-32-28(24-8-3-1-4-9-24)29(35-27)25-10-5-2-6-11-25/h1-15,18-19H,16-17,20-21H2,(H,30,34). The van der Waals surface area contributed by atoms with E-state index in [0.717, 1.165) is 40.3 Å². The number of aromatic nitrogens is 3. The highest BCUT2D eigenvalue weighted by atomic mass is 16.4. The molecular weight excluding hydrogens is 436 g/mol. The van der Waals surface area contributed by atoms with Crippen LogP contribution in [0.3, 0.4) is 0 Å². The number of carbonyl (C=O) groups is 1. The van der Waals surface area contributed by atoms with E-state index in [9.17, 15) is 4.79 Å². The number of hydrogen-bond donors (Lipinski definition) is 1. The third-order valence-corrected chi connectivity index (χ3v) is 5.74. The zero-order valence-corrected chi connectivity index (χ0v) is 19.3. The van der Waals surface area contributed by atoms with E-state index in [0.29, 0.717) is 25.3 Å². The summed E-state index contributed by atoms with van der Waals surface area (Å²) in [6, 6.07) is 30.0. The molecule has 35 heavy (non-hydrogen) atoms. The summed E-state index contributed by atoms with van der Waals surface area (Å²) >= 11 is 0. The number of amides is 1. The van der Waals surface area contributed by atoms with Crippen molar-refractivity contribution in [3.05, 3.63) is 120 Å². The van der Waals surface area contributed by atoms with Crippen LogP contribution in [0, 0.1) is 0 Å². The van der Waals surface area contributed by atoms with Gasteiger partial charge in [-0.25, -0.2) is 4.98 Å². The molecule has 2 heterocycles. The van der Waals surface area contributed by atoms with Crippen LogP contribution in [0.25, 0.3) is 22.6 Å². The Kier molecular flexibility index (Phi) is 6.80. The van der Waals surface area contributed by atoms with Crippen LogP contribution in [0.15, 0.2) is 108 Å². The average molecular weight is 463 g/mol. The summed E-state index contributed by atoms with van der Waals surface area (Å²) in [7, 11) is 0. The second-order valence-electron chi connectivity index (χ2n) is 8.31. The number of hydrogen-bond acceptors (Lipinski definition) is 4. The molecule has 6 nitrogen and oxygen atoms in total. The maximum absolute atomic E-state index is 12.5. The summed E-state index contributed by atoms with van der Waals surface area (Å²) in [6.45, 7) is 1.21. The third-order valence-electron chi connectivity index (χ3n) is 5.74. The lowest BCUT2D eigenvalue weighted by molar-refractivity contribution is -0.121. The number of carbonyl (C=O) groups excluding carboxylic acids is 1. The molecule has 0 fully saturated rings. The van der Waals surface area contributed by atoms with Crippen LogP contribution in [0.1, 0.15) is 23.4 Å². The van der Waals surface area contributed by atoms with Gasteiger partial charge in [0.2, 0.25) is 5.91 Å². The van der Waals surface area contributed by atoms with Gasteiger partial charge in [0.05, 0.1) is 6.54 Å². The quantitative estimate of drug-likeness (QED) is 0.314. The first-order valence-corrected chi connectivity index (χ1v) is 11.7. The largest absolute Gasteiger partial charge is 0.440 e. The second kappa shape index (κ2) is 10.7. The molecular formula is C29H26N4O2. The Hall–Kier alpha value is -4.45. The predicted molar refractivity (Wildman–Crippen MR) is 135 cm³/mol. The summed E-state index contributed by atoms with van der Waals surface area (Å²) in [6.07, 6.45) is 4.45. The second-order valence-corrected chi connectivity index (χ2v) is 8.31. The molecule has 0 bridgehead atoms. The van der Waals surface area contributed by atoms with Gasteiger partial charge in [0.15, 0.2) is 11.7 Å².